The molecular formula is C41H72N2O7. The third kappa shape index (κ3) is 7.66. The monoisotopic (exact) mass is 705 g/mol. The van der Waals surface area contributed by atoms with Gasteiger partial charge < -0.3 is 34.5 Å². The molecule has 2 bridgehead atoms. The number of alkyl carbamates (subject to hydrolysis) is 1. The lowest BCUT2D eigenvalue weighted by Gasteiger charge is -2.63. The summed E-state index contributed by atoms with van der Waals surface area (Å²) in [5, 5.41) is 26.8. The van der Waals surface area contributed by atoms with E-state index in [0.717, 1.165) is 96.6 Å². The minimum Gasteiger partial charge on any atom is -0.446 e. The normalized spacial score (nSPS) is 41.5. The molecule has 1 amide bonds. The molecule has 6 rings (SSSR count). The molecule has 9 heteroatoms. The number of hydrogen-bond acceptors (Lipinski definition) is 8. The summed E-state index contributed by atoms with van der Waals surface area (Å²) in [4.78, 5) is 15.1. The highest BCUT2D eigenvalue weighted by Crippen LogP contribution is 2.66. The first-order chi connectivity index (χ1) is 23.8. The van der Waals surface area contributed by atoms with Gasteiger partial charge in [-0.1, -0.05) is 61.3 Å². The van der Waals surface area contributed by atoms with Gasteiger partial charge in [0.1, 0.15) is 6.10 Å². The molecule has 3 saturated carbocycles. The maximum atomic E-state index is 13.1. The van der Waals surface area contributed by atoms with Gasteiger partial charge in [-0.05, 0) is 117 Å². The van der Waals surface area contributed by atoms with E-state index >= 15 is 0 Å². The fraction of sp³-hybridized carbons (Fsp3) is 0.976. The zero-order chi connectivity index (χ0) is 35.8. The van der Waals surface area contributed by atoms with Gasteiger partial charge in [-0.25, -0.2) is 4.79 Å². The number of amides is 1. The van der Waals surface area contributed by atoms with Crippen LogP contribution in [-0.4, -0.2) is 90.5 Å². The molecule has 12 unspecified atom stereocenters. The van der Waals surface area contributed by atoms with Gasteiger partial charge in [0.15, 0.2) is 0 Å². The van der Waals surface area contributed by atoms with Crippen LogP contribution in [0.15, 0.2) is 0 Å². The second-order valence-electron chi connectivity index (χ2n) is 18.8. The van der Waals surface area contributed by atoms with Crippen LogP contribution in [0.2, 0.25) is 0 Å². The van der Waals surface area contributed by atoms with Gasteiger partial charge in [0.05, 0.1) is 24.4 Å². The van der Waals surface area contributed by atoms with E-state index < -0.39 is 12.5 Å². The molecule has 0 aromatic carbocycles. The predicted molar refractivity (Wildman–Crippen MR) is 194 cm³/mol. The first-order valence-electron chi connectivity index (χ1n) is 20.7. The van der Waals surface area contributed by atoms with E-state index in [2.05, 4.69) is 53.8 Å². The van der Waals surface area contributed by atoms with Gasteiger partial charge in [-0.2, -0.15) is 0 Å². The Kier molecular flexibility index (Phi) is 12.2. The first kappa shape index (κ1) is 38.7. The standard InChI is InChI=1S/C41H72N2O7/c1-8-30-27(4)24-31(34(26(2)3)50-38(46)43-20-11-21-43)48-35(30)36(44)40(7)17-10-19-41-18-9-12-33(39(5,6)28(25-41)13-14-32(40)41)49-37(45)42-29-15-22-47-23-16-29/h26-36,38,44,46H,8-25H2,1-7H3,(H,42,45). The minimum atomic E-state index is -0.900. The van der Waals surface area contributed by atoms with Crippen LogP contribution in [0.25, 0.3) is 0 Å². The third-order valence-electron chi connectivity index (χ3n) is 15.3. The van der Waals surface area contributed by atoms with Crippen LogP contribution in [0, 0.1) is 45.8 Å². The number of ether oxygens (including phenoxy) is 4. The van der Waals surface area contributed by atoms with Crippen molar-refractivity contribution in [3.05, 3.63) is 0 Å². The highest BCUT2D eigenvalue weighted by molar-refractivity contribution is 5.67. The van der Waals surface area contributed by atoms with Crippen molar-refractivity contribution < 1.29 is 34.0 Å². The number of aliphatic hydroxyl groups is 2. The molecule has 0 aromatic rings. The van der Waals surface area contributed by atoms with Crippen molar-refractivity contribution in [2.45, 2.75) is 181 Å². The fourth-order valence-corrected chi connectivity index (χ4v) is 12.0. The molecule has 3 aliphatic carbocycles. The average molecular weight is 705 g/mol. The topological polar surface area (TPSA) is 110 Å². The smallest absolute Gasteiger partial charge is 0.407 e. The van der Waals surface area contributed by atoms with E-state index in [1.807, 2.05) is 4.90 Å². The number of carbonyl (C=O) groups excluding carboxylic acids is 1. The minimum absolute atomic E-state index is 0.100. The molecule has 3 saturated heterocycles. The van der Waals surface area contributed by atoms with Gasteiger partial charge >= 0.3 is 6.09 Å². The Hall–Kier alpha value is -0.970. The van der Waals surface area contributed by atoms with Gasteiger partial charge in [-0.15, -0.1) is 0 Å². The molecule has 0 aromatic heterocycles. The van der Waals surface area contributed by atoms with Gasteiger partial charge in [0.25, 0.3) is 0 Å². The number of nitrogens with zero attached hydrogens (tertiary/aromatic N) is 1. The lowest BCUT2D eigenvalue weighted by molar-refractivity contribution is -0.284. The van der Waals surface area contributed by atoms with Crippen LogP contribution in [0.3, 0.4) is 0 Å². The summed E-state index contributed by atoms with van der Waals surface area (Å²) in [6.45, 7) is 19.1. The van der Waals surface area contributed by atoms with E-state index in [9.17, 15) is 15.0 Å². The molecule has 3 heterocycles. The third-order valence-corrected chi connectivity index (χ3v) is 15.3. The number of likely N-dealkylation sites (tertiary alicyclic amines) is 1. The number of carbonyl (C=O) groups is 1. The van der Waals surface area contributed by atoms with E-state index in [-0.39, 0.29) is 64.6 Å². The average Bonchev–Trinajstić information content (AvgIpc) is 3.05. The summed E-state index contributed by atoms with van der Waals surface area (Å²) in [5.41, 5.74) is -0.167. The Morgan fingerprint density at radius 3 is 2.36 bits per heavy atom. The van der Waals surface area contributed by atoms with Gasteiger partial charge in [-0.3, -0.25) is 4.90 Å². The predicted octanol–water partition coefficient (Wildman–Crippen LogP) is 7.27. The number of fused-ring (bicyclic) bond motifs is 1. The Bertz CT molecular complexity index is 1130. The highest BCUT2D eigenvalue weighted by atomic mass is 16.6. The molecule has 288 valence electrons. The van der Waals surface area contributed by atoms with E-state index in [4.69, 9.17) is 18.9 Å². The number of hydrogen-bond donors (Lipinski definition) is 3. The molecule has 1 spiro atoms. The van der Waals surface area contributed by atoms with Crippen molar-refractivity contribution in [2.24, 2.45) is 45.8 Å². The first-order valence-corrected chi connectivity index (χ1v) is 20.7. The zero-order valence-corrected chi connectivity index (χ0v) is 32.5. The summed E-state index contributed by atoms with van der Waals surface area (Å²) >= 11 is 0. The second-order valence-corrected chi connectivity index (χ2v) is 18.8. The van der Waals surface area contributed by atoms with Crippen LogP contribution < -0.4 is 5.32 Å². The Balaban J connectivity index is 1.18. The molecule has 3 aliphatic heterocycles. The second kappa shape index (κ2) is 15.8. The molecular weight excluding hydrogens is 632 g/mol. The Morgan fingerprint density at radius 1 is 0.980 bits per heavy atom. The largest absolute Gasteiger partial charge is 0.446 e. The van der Waals surface area contributed by atoms with E-state index in [1.165, 1.54) is 6.42 Å². The van der Waals surface area contributed by atoms with E-state index in [0.29, 0.717) is 31.0 Å². The number of nitrogens with one attached hydrogen (secondary N) is 1. The van der Waals surface area contributed by atoms with E-state index in [1.54, 1.807) is 0 Å². The summed E-state index contributed by atoms with van der Waals surface area (Å²) < 4.78 is 25.2. The van der Waals surface area contributed by atoms with Crippen LogP contribution in [0.5, 0.6) is 0 Å². The molecule has 6 fully saturated rings. The maximum Gasteiger partial charge on any atom is 0.407 e. The maximum absolute atomic E-state index is 13.1. The van der Waals surface area contributed by atoms with Gasteiger partial charge in [0.2, 0.25) is 6.41 Å². The Morgan fingerprint density at radius 2 is 1.70 bits per heavy atom. The van der Waals surface area contributed by atoms with Gasteiger partial charge in [0, 0.05) is 37.8 Å². The zero-order valence-electron chi connectivity index (χ0n) is 32.5. The number of rotatable bonds is 10. The molecule has 0 radical (unpaired) electrons. The van der Waals surface area contributed by atoms with Crippen LogP contribution in [-0.2, 0) is 18.9 Å². The summed E-state index contributed by atoms with van der Waals surface area (Å²) in [6.07, 6.45) is 12.0. The highest BCUT2D eigenvalue weighted by Gasteiger charge is 2.61. The molecule has 12 atom stereocenters. The molecule has 6 aliphatic rings. The summed E-state index contributed by atoms with van der Waals surface area (Å²) in [5.74, 6) is 1.76. The quantitative estimate of drug-likeness (QED) is 0.204. The van der Waals surface area contributed by atoms with Crippen molar-refractivity contribution in [1.82, 2.24) is 10.2 Å². The molecule has 50 heavy (non-hydrogen) atoms. The fourth-order valence-electron chi connectivity index (χ4n) is 12.0. The lowest BCUT2D eigenvalue weighted by Crippen LogP contribution is -2.61. The van der Waals surface area contributed by atoms with Crippen LogP contribution in [0.1, 0.15) is 138 Å². The van der Waals surface area contributed by atoms with Crippen molar-refractivity contribution in [3.63, 3.8) is 0 Å². The van der Waals surface area contributed by atoms with Crippen molar-refractivity contribution in [3.8, 4) is 0 Å². The van der Waals surface area contributed by atoms with Crippen molar-refractivity contribution >= 4 is 6.09 Å². The SMILES string of the molecule is CCC1C(C)CC(C(OC(O)N2CCC2)C(C)C)OC1C(O)C1(C)CCCC23CCCC(OC(=O)NC4CCOCC4)C(C)(C)C(CCC21)C3. The van der Waals surface area contributed by atoms with Crippen molar-refractivity contribution in [1.29, 1.82) is 0 Å². The number of aliphatic hydroxyl groups excluding tert-OH is 2. The molecule has 9 nitrogen and oxygen atoms in total. The van der Waals surface area contributed by atoms with Crippen molar-refractivity contribution in [2.75, 3.05) is 26.3 Å². The Labute approximate surface area is 303 Å². The summed E-state index contributed by atoms with van der Waals surface area (Å²) in [7, 11) is 0. The van der Waals surface area contributed by atoms with Crippen LogP contribution in [0.4, 0.5) is 4.79 Å². The van der Waals surface area contributed by atoms with Crippen LogP contribution >= 0.6 is 0 Å². The lowest BCUT2D eigenvalue weighted by atomic mass is 9.43. The summed E-state index contributed by atoms with van der Waals surface area (Å²) in [6, 6.07) is 0.136. The molecule has 3 N–H and O–H groups in total.